The van der Waals surface area contributed by atoms with E-state index in [-0.39, 0.29) is 17.7 Å². The smallest absolute Gasteiger partial charge is 0.264 e. The third-order valence-electron chi connectivity index (χ3n) is 5.05. The second kappa shape index (κ2) is 8.00. The van der Waals surface area contributed by atoms with Gasteiger partial charge < -0.3 is 15.0 Å². The highest BCUT2D eigenvalue weighted by molar-refractivity contribution is 7.14. The standard InChI is InChI=1S/C20H21ClN2O3S/c21-15-2-1-3-16(12-15)22-19(24)13-4-5-17-14(10-13)11-18(27-17)20(25)23-6-8-26-9-7-23/h1-3,11-13H,4-10H2,(H,22,24). The number of ether oxygens (including phenoxy) is 1. The molecular formula is C20H21ClN2O3S. The minimum atomic E-state index is -0.0857. The zero-order valence-corrected chi connectivity index (χ0v) is 16.4. The summed E-state index contributed by atoms with van der Waals surface area (Å²) < 4.78 is 5.32. The Bertz CT molecular complexity index is 861. The Morgan fingerprint density at radius 1 is 1.22 bits per heavy atom. The van der Waals surface area contributed by atoms with Crippen molar-refractivity contribution in [2.24, 2.45) is 5.92 Å². The molecular weight excluding hydrogens is 384 g/mol. The van der Waals surface area contributed by atoms with Gasteiger partial charge in [-0.2, -0.15) is 0 Å². The average molecular weight is 405 g/mol. The Morgan fingerprint density at radius 2 is 2.04 bits per heavy atom. The van der Waals surface area contributed by atoms with Crippen LogP contribution in [0, 0.1) is 5.92 Å². The Hall–Kier alpha value is -1.89. The van der Waals surface area contributed by atoms with E-state index in [1.54, 1.807) is 23.5 Å². The Balaban J connectivity index is 1.43. The first kappa shape index (κ1) is 18.5. The number of nitrogens with one attached hydrogen (secondary N) is 1. The highest BCUT2D eigenvalue weighted by Crippen LogP contribution is 2.33. The van der Waals surface area contributed by atoms with E-state index in [4.69, 9.17) is 16.3 Å². The zero-order chi connectivity index (χ0) is 18.8. The summed E-state index contributed by atoms with van der Waals surface area (Å²) in [7, 11) is 0. The number of thiophene rings is 1. The monoisotopic (exact) mass is 404 g/mol. The van der Waals surface area contributed by atoms with Crippen molar-refractivity contribution in [3.8, 4) is 0 Å². The van der Waals surface area contributed by atoms with Gasteiger partial charge in [-0.1, -0.05) is 17.7 Å². The van der Waals surface area contributed by atoms with Gasteiger partial charge in [0.2, 0.25) is 5.91 Å². The van der Waals surface area contributed by atoms with Gasteiger partial charge >= 0.3 is 0 Å². The highest BCUT2D eigenvalue weighted by Gasteiger charge is 2.29. The fraction of sp³-hybridized carbons (Fsp3) is 0.400. The summed E-state index contributed by atoms with van der Waals surface area (Å²) in [4.78, 5) is 29.2. The number of anilines is 1. The maximum atomic E-state index is 12.7. The largest absolute Gasteiger partial charge is 0.378 e. The van der Waals surface area contributed by atoms with E-state index < -0.39 is 0 Å². The van der Waals surface area contributed by atoms with E-state index in [1.807, 2.05) is 23.1 Å². The van der Waals surface area contributed by atoms with Crippen molar-refractivity contribution in [3.63, 3.8) is 0 Å². The maximum absolute atomic E-state index is 12.7. The molecule has 1 saturated heterocycles. The maximum Gasteiger partial charge on any atom is 0.264 e. The average Bonchev–Trinajstić information content (AvgIpc) is 3.11. The summed E-state index contributed by atoms with van der Waals surface area (Å²) >= 11 is 7.56. The molecule has 1 aromatic heterocycles. The Morgan fingerprint density at radius 3 is 2.81 bits per heavy atom. The van der Waals surface area contributed by atoms with Gasteiger partial charge in [0.05, 0.1) is 18.1 Å². The highest BCUT2D eigenvalue weighted by atomic mass is 35.5. The van der Waals surface area contributed by atoms with Crippen molar-refractivity contribution >= 4 is 40.4 Å². The van der Waals surface area contributed by atoms with E-state index in [2.05, 4.69) is 5.32 Å². The molecule has 5 nitrogen and oxygen atoms in total. The summed E-state index contributed by atoms with van der Waals surface area (Å²) in [5.41, 5.74) is 1.85. The molecule has 1 N–H and O–H groups in total. The molecule has 1 atom stereocenters. The van der Waals surface area contributed by atoms with E-state index >= 15 is 0 Å². The normalized spacial score (nSPS) is 19.4. The van der Waals surface area contributed by atoms with Gasteiger partial charge in [-0.05, 0) is 49.1 Å². The topological polar surface area (TPSA) is 58.6 Å². The molecule has 2 heterocycles. The minimum absolute atomic E-state index is 0.00942. The Labute approximate surface area is 167 Å². The van der Waals surface area contributed by atoms with Crippen LogP contribution in [0.1, 0.15) is 26.5 Å². The molecule has 0 spiro atoms. The molecule has 1 aliphatic carbocycles. The third kappa shape index (κ3) is 4.18. The van der Waals surface area contributed by atoms with Crippen molar-refractivity contribution in [1.82, 2.24) is 4.90 Å². The molecule has 1 fully saturated rings. The number of hydrogen-bond acceptors (Lipinski definition) is 4. The molecule has 2 aliphatic rings. The van der Waals surface area contributed by atoms with Gasteiger partial charge in [-0.3, -0.25) is 9.59 Å². The fourth-order valence-corrected chi connectivity index (χ4v) is 4.95. The van der Waals surface area contributed by atoms with E-state index in [1.165, 1.54) is 4.88 Å². The van der Waals surface area contributed by atoms with Crippen molar-refractivity contribution in [2.45, 2.75) is 19.3 Å². The first-order valence-corrected chi connectivity index (χ1v) is 10.3. The van der Waals surface area contributed by atoms with Crippen LogP contribution >= 0.6 is 22.9 Å². The number of carbonyl (C=O) groups excluding carboxylic acids is 2. The number of nitrogens with zero attached hydrogens (tertiary/aromatic N) is 1. The number of fused-ring (bicyclic) bond motifs is 1. The third-order valence-corrected chi connectivity index (χ3v) is 6.52. The van der Waals surface area contributed by atoms with Crippen LogP contribution in [0.3, 0.4) is 0 Å². The molecule has 1 aromatic carbocycles. The second-order valence-electron chi connectivity index (χ2n) is 6.90. The number of aryl methyl sites for hydroxylation is 1. The van der Waals surface area contributed by atoms with Crippen molar-refractivity contribution in [3.05, 3.63) is 50.7 Å². The Kier molecular flexibility index (Phi) is 5.48. The summed E-state index contributed by atoms with van der Waals surface area (Å²) in [5.74, 6) is 0.00483. The van der Waals surface area contributed by atoms with Gasteiger partial charge in [-0.25, -0.2) is 0 Å². The second-order valence-corrected chi connectivity index (χ2v) is 8.48. The lowest BCUT2D eigenvalue weighted by Crippen LogP contribution is -2.40. The zero-order valence-electron chi connectivity index (χ0n) is 14.9. The number of rotatable bonds is 3. The number of morpholine rings is 1. The quantitative estimate of drug-likeness (QED) is 0.850. The van der Waals surface area contributed by atoms with Crippen molar-refractivity contribution in [1.29, 1.82) is 0 Å². The number of carbonyl (C=O) groups is 2. The van der Waals surface area contributed by atoms with Crippen LogP contribution in [0.15, 0.2) is 30.3 Å². The predicted molar refractivity (Wildman–Crippen MR) is 107 cm³/mol. The number of halogens is 1. The van der Waals surface area contributed by atoms with E-state index in [0.29, 0.717) is 43.4 Å². The number of hydrogen-bond donors (Lipinski definition) is 1. The molecule has 7 heteroatoms. The van der Waals surface area contributed by atoms with E-state index in [9.17, 15) is 9.59 Å². The van der Waals surface area contributed by atoms with Crippen molar-refractivity contribution < 1.29 is 14.3 Å². The van der Waals surface area contributed by atoms with Gasteiger partial charge in [0, 0.05) is 34.6 Å². The van der Waals surface area contributed by atoms with Crippen LogP contribution in [-0.4, -0.2) is 43.0 Å². The summed E-state index contributed by atoms with van der Waals surface area (Å²) in [6, 6.07) is 9.16. The molecule has 2 aromatic rings. The first-order chi connectivity index (χ1) is 13.1. The molecule has 27 heavy (non-hydrogen) atoms. The summed E-state index contributed by atoms with van der Waals surface area (Å²) in [6.45, 7) is 2.49. The molecule has 0 bridgehead atoms. The minimum Gasteiger partial charge on any atom is -0.378 e. The summed E-state index contributed by atoms with van der Waals surface area (Å²) in [5, 5.41) is 3.56. The lowest BCUT2D eigenvalue weighted by molar-refractivity contribution is -0.120. The van der Waals surface area contributed by atoms with Gasteiger partial charge in [0.15, 0.2) is 0 Å². The molecule has 4 rings (SSSR count). The first-order valence-electron chi connectivity index (χ1n) is 9.15. The predicted octanol–water partition coefficient (Wildman–Crippen LogP) is 3.62. The molecule has 1 unspecified atom stereocenters. The van der Waals surface area contributed by atoms with Gasteiger partial charge in [-0.15, -0.1) is 11.3 Å². The lowest BCUT2D eigenvalue weighted by atomic mass is 9.87. The van der Waals surface area contributed by atoms with Crippen LogP contribution in [0.2, 0.25) is 5.02 Å². The molecule has 142 valence electrons. The number of amides is 2. The van der Waals surface area contributed by atoms with Crippen LogP contribution in [0.4, 0.5) is 5.69 Å². The van der Waals surface area contributed by atoms with Crippen LogP contribution in [0.25, 0.3) is 0 Å². The summed E-state index contributed by atoms with van der Waals surface area (Å²) in [6.07, 6.45) is 2.31. The molecule has 0 radical (unpaired) electrons. The van der Waals surface area contributed by atoms with Gasteiger partial charge in [0.1, 0.15) is 0 Å². The van der Waals surface area contributed by atoms with E-state index in [0.717, 1.165) is 23.3 Å². The van der Waals surface area contributed by atoms with Gasteiger partial charge in [0.25, 0.3) is 5.91 Å². The number of benzene rings is 1. The molecule has 1 aliphatic heterocycles. The van der Waals surface area contributed by atoms with Crippen LogP contribution in [0.5, 0.6) is 0 Å². The lowest BCUT2D eigenvalue weighted by Gasteiger charge is -2.26. The SMILES string of the molecule is O=C(Nc1cccc(Cl)c1)C1CCc2sc(C(=O)N3CCOCC3)cc2C1. The van der Waals surface area contributed by atoms with Crippen LogP contribution < -0.4 is 5.32 Å². The molecule has 2 amide bonds. The fourth-order valence-electron chi connectivity index (χ4n) is 3.59. The molecule has 0 saturated carbocycles. The van der Waals surface area contributed by atoms with Crippen LogP contribution in [-0.2, 0) is 22.4 Å². The van der Waals surface area contributed by atoms with Crippen molar-refractivity contribution in [2.75, 3.05) is 31.6 Å².